The van der Waals surface area contributed by atoms with Crippen LogP contribution in [0.4, 0.5) is 0 Å². The highest BCUT2D eigenvalue weighted by atomic mass is 32.2. The molecule has 0 aromatic carbocycles. The fourth-order valence-corrected chi connectivity index (χ4v) is 4.43. The van der Waals surface area contributed by atoms with E-state index < -0.39 is 15.9 Å². The van der Waals surface area contributed by atoms with Crippen LogP contribution in [0.3, 0.4) is 0 Å². The molecule has 3 atom stereocenters. The third-order valence-electron chi connectivity index (χ3n) is 3.41. The summed E-state index contributed by atoms with van der Waals surface area (Å²) in [6.07, 6.45) is 1.92. The zero-order valence-corrected chi connectivity index (χ0v) is 9.86. The highest BCUT2D eigenvalue weighted by Crippen LogP contribution is 2.25. The number of likely N-dealkylation sites (tertiary alicyclic amines) is 1. The Hall–Kier alpha value is -0.640. The molecule has 0 radical (unpaired) electrons. The van der Waals surface area contributed by atoms with Gasteiger partial charge in [0.2, 0.25) is 0 Å². The van der Waals surface area contributed by atoms with Crippen molar-refractivity contribution in [2.24, 2.45) is 0 Å². The Morgan fingerprint density at radius 2 is 2.06 bits per heavy atom. The molecular weight excluding hydrogens is 228 g/mol. The van der Waals surface area contributed by atoms with E-state index in [-0.39, 0.29) is 23.6 Å². The van der Waals surface area contributed by atoms with Gasteiger partial charge in [0.1, 0.15) is 0 Å². The number of sulfone groups is 1. The summed E-state index contributed by atoms with van der Waals surface area (Å²) in [6, 6.07) is 1.58. The number of nitrogens with zero attached hydrogens (tertiary/aromatic N) is 2. The van der Waals surface area contributed by atoms with Crippen molar-refractivity contribution in [3.05, 3.63) is 0 Å². The zero-order valence-electron chi connectivity index (χ0n) is 9.04. The van der Waals surface area contributed by atoms with Gasteiger partial charge >= 0.3 is 0 Å². The molecule has 0 aromatic rings. The second-order valence-corrected chi connectivity index (χ2v) is 6.74. The summed E-state index contributed by atoms with van der Waals surface area (Å²) in [7, 11) is -3.13. The van der Waals surface area contributed by atoms with Crippen molar-refractivity contribution in [1.29, 1.82) is 5.26 Å². The van der Waals surface area contributed by atoms with E-state index >= 15 is 0 Å². The minimum absolute atomic E-state index is 0.00759. The van der Waals surface area contributed by atoms with Crippen LogP contribution in [0.2, 0.25) is 0 Å². The first-order chi connectivity index (χ1) is 7.53. The lowest BCUT2D eigenvalue weighted by atomic mass is 9.99. The highest BCUT2D eigenvalue weighted by Gasteiger charge is 2.42. The standard InChI is InChI=1S/C10H16N2O3S/c11-5-8-3-1-2-4-12(8)9-6-16(14,15)7-10(9)13/h8-10,13H,1-4,6-7H2. The van der Waals surface area contributed by atoms with Gasteiger partial charge in [0.15, 0.2) is 9.84 Å². The van der Waals surface area contributed by atoms with Gasteiger partial charge in [-0.1, -0.05) is 0 Å². The summed E-state index contributed by atoms with van der Waals surface area (Å²) in [5.41, 5.74) is 0. The van der Waals surface area contributed by atoms with Crippen LogP contribution in [-0.2, 0) is 9.84 Å². The summed E-state index contributed by atoms with van der Waals surface area (Å²) in [5, 5.41) is 18.8. The molecule has 2 rings (SSSR count). The van der Waals surface area contributed by atoms with Crippen molar-refractivity contribution < 1.29 is 13.5 Å². The van der Waals surface area contributed by atoms with E-state index in [1.165, 1.54) is 0 Å². The molecule has 0 bridgehead atoms. The molecule has 0 aliphatic carbocycles. The van der Waals surface area contributed by atoms with Gasteiger partial charge in [-0.05, 0) is 25.8 Å². The molecule has 0 amide bonds. The number of hydrogen-bond donors (Lipinski definition) is 1. The van der Waals surface area contributed by atoms with E-state index in [0.717, 1.165) is 25.8 Å². The van der Waals surface area contributed by atoms with Crippen LogP contribution in [-0.4, -0.2) is 54.7 Å². The maximum atomic E-state index is 11.4. The van der Waals surface area contributed by atoms with E-state index in [1.807, 2.05) is 4.90 Å². The highest BCUT2D eigenvalue weighted by molar-refractivity contribution is 7.91. The number of aliphatic hydroxyl groups excluding tert-OH is 1. The van der Waals surface area contributed by atoms with Gasteiger partial charge in [-0.25, -0.2) is 8.42 Å². The molecule has 16 heavy (non-hydrogen) atoms. The number of hydrogen-bond acceptors (Lipinski definition) is 5. The molecule has 90 valence electrons. The summed E-state index contributed by atoms with van der Waals surface area (Å²) in [6.45, 7) is 0.718. The van der Waals surface area contributed by atoms with Gasteiger partial charge in [0.05, 0.1) is 35.8 Å². The topological polar surface area (TPSA) is 81.4 Å². The van der Waals surface area contributed by atoms with Crippen LogP contribution in [0.5, 0.6) is 0 Å². The van der Waals surface area contributed by atoms with Crippen LogP contribution in [0.25, 0.3) is 0 Å². The first-order valence-corrected chi connectivity index (χ1v) is 7.39. The van der Waals surface area contributed by atoms with Gasteiger partial charge in [-0.3, -0.25) is 4.90 Å². The van der Waals surface area contributed by atoms with Crippen molar-refractivity contribution in [2.75, 3.05) is 18.1 Å². The number of nitriles is 1. The average molecular weight is 244 g/mol. The predicted octanol–water partition coefficient (Wildman–Crippen LogP) is -0.478. The largest absolute Gasteiger partial charge is 0.390 e. The van der Waals surface area contributed by atoms with Crippen LogP contribution >= 0.6 is 0 Å². The predicted molar refractivity (Wildman–Crippen MR) is 58.4 cm³/mol. The Kier molecular flexibility index (Phi) is 3.19. The van der Waals surface area contributed by atoms with E-state index in [1.54, 1.807) is 0 Å². The van der Waals surface area contributed by atoms with E-state index in [2.05, 4.69) is 6.07 Å². The van der Waals surface area contributed by atoms with E-state index in [0.29, 0.717) is 0 Å². The van der Waals surface area contributed by atoms with Gasteiger partial charge in [0.25, 0.3) is 0 Å². The van der Waals surface area contributed by atoms with Crippen molar-refractivity contribution in [3.63, 3.8) is 0 Å². The molecule has 0 saturated carbocycles. The number of aliphatic hydroxyl groups is 1. The van der Waals surface area contributed by atoms with E-state index in [9.17, 15) is 13.5 Å². The van der Waals surface area contributed by atoms with Crippen LogP contribution in [0.15, 0.2) is 0 Å². The smallest absolute Gasteiger partial charge is 0.154 e. The first kappa shape index (κ1) is 11.8. The van der Waals surface area contributed by atoms with Crippen LogP contribution < -0.4 is 0 Å². The average Bonchev–Trinajstić information content (AvgIpc) is 2.52. The van der Waals surface area contributed by atoms with Crippen molar-refractivity contribution in [1.82, 2.24) is 4.90 Å². The van der Waals surface area contributed by atoms with Gasteiger partial charge < -0.3 is 5.11 Å². The second-order valence-electron chi connectivity index (χ2n) is 4.59. The fourth-order valence-electron chi connectivity index (χ4n) is 2.62. The monoisotopic (exact) mass is 244 g/mol. The van der Waals surface area contributed by atoms with Gasteiger partial charge in [0, 0.05) is 0 Å². The molecule has 2 saturated heterocycles. The zero-order chi connectivity index (χ0) is 11.8. The molecule has 5 nitrogen and oxygen atoms in total. The lowest BCUT2D eigenvalue weighted by Crippen LogP contribution is -2.50. The Morgan fingerprint density at radius 1 is 1.31 bits per heavy atom. The summed E-state index contributed by atoms with van der Waals surface area (Å²) >= 11 is 0. The Morgan fingerprint density at radius 3 is 2.62 bits per heavy atom. The molecule has 0 aromatic heterocycles. The first-order valence-electron chi connectivity index (χ1n) is 5.57. The number of rotatable bonds is 1. The van der Waals surface area contributed by atoms with Crippen LogP contribution in [0.1, 0.15) is 19.3 Å². The third-order valence-corrected chi connectivity index (χ3v) is 5.11. The SMILES string of the molecule is N#CC1CCCCN1C1CS(=O)(=O)CC1O. The Bertz CT molecular complexity index is 401. The molecule has 2 aliphatic rings. The third kappa shape index (κ3) is 2.21. The Balaban J connectivity index is 2.15. The lowest BCUT2D eigenvalue weighted by molar-refractivity contribution is 0.0517. The van der Waals surface area contributed by atoms with Crippen molar-refractivity contribution >= 4 is 9.84 Å². The maximum Gasteiger partial charge on any atom is 0.154 e. The molecular formula is C10H16N2O3S. The van der Waals surface area contributed by atoms with Crippen molar-refractivity contribution in [3.8, 4) is 6.07 Å². The molecule has 2 heterocycles. The molecule has 0 spiro atoms. The normalized spacial score (nSPS) is 39.4. The number of piperidine rings is 1. The summed E-state index contributed by atoms with van der Waals surface area (Å²) in [4.78, 5) is 1.87. The fraction of sp³-hybridized carbons (Fsp3) is 0.900. The Labute approximate surface area is 95.6 Å². The van der Waals surface area contributed by atoms with E-state index in [4.69, 9.17) is 5.26 Å². The summed E-state index contributed by atoms with van der Waals surface area (Å²) < 4.78 is 22.8. The lowest BCUT2D eigenvalue weighted by Gasteiger charge is -2.36. The van der Waals surface area contributed by atoms with Gasteiger partial charge in [-0.2, -0.15) is 5.26 Å². The molecule has 2 fully saturated rings. The van der Waals surface area contributed by atoms with Crippen molar-refractivity contribution in [2.45, 2.75) is 37.5 Å². The maximum absolute atomic E-state index is 11.4. The molecule has 1 N–H and O–H groups in total. The molecule has 6 heteroatoms. The van der Waals surface area contributed by atoms with Gasteiger partial charge in [-0.15, -0.1) is 0 Å². The minimum Gasteiger partial charge on any atom is -0.390 e. The van der Waals surface area contributed by atoms with Crippen LogP contribution in [0, 0.1) is 11.3 Å². The molecule has 2 aliphatic heterocycles. The second kappa shape index (κ2) is 4.32. The molecule has 3 unspecified atom stereocenters. The minimum atomic E-state index is -3.13. The summed E-state index contributed by atoms with van der Waals surface area (Å²) in [5.74, 6) is -0.168. The quantitative estimate of drug-likeness (QED) is 0.674.